The van der Waals surface area contributed by atoms with E-state index in [-0.39, 0.29) is 24.2 Å². The summed E-state index contributed by atoms with van der Waals surface area (Å²) in [6, 6.07) is 1.70. The summed E-state index contributed by atoms with van der Waals surface area (Å²) in [5.74, 6) is 0.204. The van der Waals surface area contributed by atoms with E-state index in [1.54, 1.807) is 13.0 Å². The van der Waals surface area contributed by atoms with Crippen molar-refractivity contribution in [2.75, 3.05) is 13.1 Å². The van der Waals surface area contributed by atoms with Crippen molar-refractivity contribution >= 4 is 11.9 Å². The van der Waals surface area contributed by atoms with Gasteiger partial charge in [0.2, 0.25) is 0 Å². The summed E-state index contributed by atoms with van der Waals surface area (Å²) in [5.41, 5.74) is 0.608. The molecule has 2 heterocycles. The van der Waals surface area contributed by atoms with Crippen molar-refractivity contribution in [1.82, 2.24) is 4.90 Å². The van der Waals surface area contributed by atoms with Crippen molar-refractivity contribution < 1.29 is 19.1 Å². The number of hydrogen-bond donors (Lipinski definition) is 1. The number of hydrogen-bond acceptors (Lipinski definition) is 3. The molecule has 0 aromatic carbocycles. The lowest BCUT2D eigenvalue weighted by atomic mass is 9.84. The molecule has 1 N–H and O–H groups in total. The Kier molecular flexibility index (Phi) is 4.47. The number of nitrogens with zero attached hydrogens (tertiary/aromatic N) is 1. The predicted molar refractivity (Wildman–Crippen MR) is 73.5 cm³/mol. The Balaban J connectivity index is 2.02. The average Bonchev–Trinajstić information content (AvgIpc) is 2.83. The molecule has 1 aliphatic heterocycles. The third-order valence-corrected chi connectivity index (χ3v) is 4.14. The molecular weight excluding hydrogens is 258 g/mol. The molecule has 5 heteroatoms. The molecule has 1 aromatic rings. The lowest BCUT2D eigenvalue weighted by Crippen LogP contribution is -2.42. The molecule has 5 nitrogen and oxygen atoms in total. The third-order valence-electron chi connectivity index (χ3n) is 4.14. The van der Waals surface area contributed by atoms with E-state index in [9.17, 15) is 9.59 Å². The van der Waals surface area contributed by atoms with Gasteiger partial charge in [-0.15, -0.1) is 0 Å². The molecule has 110 valence electrons. The number of rotatable bonds is 4. The summed E-state index contributed by atoms with van der Waals surface area (Å²) in [6.07, 6.45) is 3.61. The van der Waals surface area contributed by atoms with E-state index in [1.165, 1.54) is 6.26 Å². The fourth-order valence-corrected chi connectivity index (χ4v) is 2.88. The molecule has 1 fully saturated rings. The average molecular weight is 279 g/mol. The molecule has 2 atom stereocenters. The number of carbonyl (C=O) groups excluding carboxylic acids is 1. The van der Waals surface area contributed by atoms with Crippen LogP contribution in [0.1, 0.15) is 42.3 Å². The minimum atomic E-state index is -0.772. The molecule has 1 aromatic heterocycles. The van der Waals surface area contributed by atoms with E-state index in [0.29, 0.717) is 17.9 Å². The van der Waals surface area contributed by atoms with E-state index < -0.39 is 5.97 Å². The minimum absolute atomic E-state index is 0.0107. The van der Waals surface area contributed by atoms with Crippen LogP contribution in [0, 0.1) is 18.8 Å². The Hall–Kier alpha value is -1.78. The number of carbonyl (C=O) groups is 2. The molecule has 0 aliphatic carbocycles. The van der Waals surface area contributed by atoms with Crippen LogP contribution < -0.4 is 0 Å². The third kappa shape index (κ3) is 3.21. The van der Waals surface area contributed by atoms with Crippen LogP contribution in [-0.2, 0) is 4.79 Å². The Morgan fingerprint density at radius 3 is 2.90 bits per heavy atom. The molecule has 2 unspecified atom stereocenters. The van der Waals surface area contributed by atoms with Gasteiger partial charge >= 0.3 is 5.97 Å². The van der Waals surface area contributed by atoms with Gasteiger partial charge in [-0.1, -0.05) is 6.92 Å². The van der Waals surface area contributed by atoms with Gasteiger partial charge in [-0.2, -0.15) is 0 Å². The number of amides is 1. The zero-order chi connectivity index (χ0) is 14.7. The molecule has 1 aliphatic rings. The first-order valence-electron chi connectivity index (χ1n) is 7.04. The van der Waals surface area contributed by atoms with E-state index in [2.05, 4.69) is 0 Å². The Labute approximate surface area is 118 Å². The second kappa shape index (κ2) is 6.11. The maximum atomic E-state index is 12.4. The summed E-state index contributed by atoms with van der Waals surface area (Å²) in [4.78, 5) is 25.1. The molecule has 1 saturated heterocycles. The number of aliphatic carboxylic acids is 1. The standard InChI is InChI=1S/C15H21NO4/c1-10(8-14(17)18)12-4-3-6-16(9-12)15(19)13-5-7-20-11(13)2/h5,7,10,12H,3-4,6,8-9H2,1-2H3,(H,17,18). The highest BCUT2D eigenvalue weighted by molar-refractivity contribution is 5.95. The summed E-state index contributed by atoms with van der Waals surface area (Å²) in [6.45, 7) is 5.11. The van der Waals surface area contributed by atoms with Crippen molar-refractivity contribution in [3.8, 4) is 0 Å². The minimum Gasteiger partial charge on any atom is -0.481 e. The first-order valence-corrected chi connectivity index (χ1v) is 7.04. The largest absolute Gasteiger partial charge is 0.481 e. The first kappa shape index (κ1) is 14.6. The number of carboxylic acids is 1. The van der Waals surface area contributed by atoms with Gasteiger partial charge in [0.05, 0.1) is 11.8 Å². The molecule has 0 saturated carbocycles. The first-order chi connectivity index (χ1) is 9.49. The zero-order valence-electron chi connectivity index (χ0n) is 12.0. The molecule has 0 bridgehead atoms. The van der Waals surface area contributed by atoms with Crippen LogP contribution >= 0.6 is 0 Å². The highest BCUT2D eigenvalue weighted by atomic mass is 16.4. The smallest absolute Gasteiger partial charge is 0.303 e. The molecule has 0 radical (unpaired) electrons. The molecule has 0 spiro atoms. The van der Waals surface area contributed by atoms with Gasteiger partial charge in [0.25, 0.3) is 5.91 Å². The summed E-state index contributed by atoms with van der Waals surface area (Å²) in [7, 11) is 0. The maximum Gasteiger partial charge on any atom is 0.303 e. The van der Waals surface area contributed by atoms with Crippen LogP contribution in [0.25, 0.3) is 0 Å². The van der Waals surface area contributed by atoms with Gasteiger partial charge in [-0.05, 0) is 37.7 Å². The summed E-state index contributed by atoms with van der Waals surface area (Å²) >= 11 is 0. The molecule has 1 amide bonds. The normalized spacial score (nSPS) is 20.7. The number of likely N-dealkylation sites (tertiary alicyclic amines) is 1. The van der Waals surface area contributed by atoms with Crippen molar-refractivity contribution in [3.63, 3.8) is 0 Å². The van der Waals surface area contributed by atoms with Gasteiger partial charge in [0, 0.05) is 19.5 Å². The van der Waals surface area contributed by atoms with Crippen LogP contribution in [-0.4, -0.2) is 35.0 Å². The van der Waals surface area contributed by atoms with Crippen LogP contribution in [0.4, 0.5) is 0 Å². The lowest BCUT2D eigenvalue weighted by molar-refractivity contribution is -0.138. The van der Waals surface area contributed by atoms with Crippen LogP contribution in [0.15, 0.2) is 16.7 Å². The van der Waals surface area contributed by atoms with E-state index in [0.717, 1.165) is 19.4 Å². The summed E-state index contributed by atoms with van der Waals surface area (Å²) in [5, 5.41) is 8.88. The van der Waals surface area contributed by atoms with Gasteiger partial charge in [-0.3, -0.25) is 9.59 Å². The van der Waals surface area contributed by atoms with Gasteiger partial charge in [0.1, 0.15) is 5.76 Å². The van der Waals surface area contributed by atoms with Crippen molar-refractivity contribution in [1.29, 1.82) is 0 Å². The molecular formula is C15H21NO4. The molecule has 2 rings (SSSR count). The fourth-order valence-electron chi connectivity index (χ4n) is 2.88. The zero-order valence-corrected chi connectivity index (χ0v) is 12.0. The monoisotopic (exact) mass is 279 g/mol. The number of aryl methyl sites for hydroxylation is 1. The SMILES string of the molecule is Cc1occc1C(=O)N1CCCC(C(C)CC(=O)O)C1. The van der Waals surface area contributed by atoms with Gasteiger partial charge in [-0.25, -0.2) is 0 Å². The highest BCUT2D eigenvalue weighted by Gasteiger charge is 2.29. The Morgan fingerprint density at radius 2 is 2.30 bits per heavy atom. The Morgan fingerprint density at radius 1 is 1.55 bits per heavy atom. The predicted octanol–water partition coefficient (Wildman–Crippen LogP) is 2.55. The second-order valence-electron chi connectivity index (χ2n) is 5.62. The quantitative estimate of drug-likeness (QED) is 0.919. The second-order valence-corrected chi connectivity index (χ2v) is 5.62. The number of furan rings is 1. The highest BCUT2D eigenvalue weighted by Crippen LogP contribution is 2.27. The van der Waals surface area contributed by atoms with Crippen molar-refractivity contribution in [3.05, 3.63) is 23.7 Å². The van der Waals surface area contributed by atoms with Crippen molar-refractivity contribution in [2.45, 2.75) is 33.1 Å². The van der Waals surface area contributed by atoms with Gasteiger partial charge < -0.3 is 14.4 Å². The van der Waals surface area contributed by atoms with Gasteiger partial charge in [0.15, 0.2) is 0 Å². The maximum absolute atomic E-state index is 12.4. The lowest BCUT2D eigenvalue weighted by Gasteiger charge is -2.35. The topological polar surface area (TPSA) is 70.8 Å². The number of carboxylic acid groups (broad SMARTS) is 1. The van der Waals surface area contributed by atoms with E-state index in [1.807, 2.05) is 11.8 Å². The van der Waals surface area contributed by atoms with Crippen LogP contribution in [0.5, 0.6) is 0 Å². The fraction of sp³-hybridized carbons (Fsp3) is 0.600. The van der Waals surface area contributed by atoms with Crippen molar-refractivity contribution in [2.24, 2.45) is 11.8 Å². The van der Waals surface area contributed by atoms with E-state index >= 15 is 0 Å². The molecule has 20 heavy (non-hydrogen) atoms. The Bertz CT molecular complexity index is 494. The van der Waals surface area contributed by atoms with Crippen LogP contribution in [0.2, 0.25) is 0 Å². The van der Waals surface area contributed by atoms with E-state index in [4.69, 9.17) is 9.52 Å². The number of piperidine rings is 1. The summed E-state index contributed by atoms with van der Waals surface area (Å²) < 4.78 is 5.18. The van der Waals surface area contributed by atoms with Crippen LogP contribution in [0.3, 0.4) is 0 Å².